The molecule has 0 aromatic heterocycles. The fourth-order valence-corrected chi connectivity index (χ4v) is 1.47. The summed E-state index contributed by atoms with van der Waals surface area (Å²) in [6.45, 7) is 0. The summed E-state index contributed by atoms with van der Waals surface area (Å²) in [6.07, 6.45) is 0. The van der Waals surface area contributed by atoms with Crippen molar-refractivity contribution in [3.05, 3.63) is 35.9 Å². The van der Waals surface area contributed by atoms with E-state index in [9.17, 15) is 4.57 Å². The van der Waals surface area contributed by atoms with Crippen LogP contribution in [0.15, 0.2) is 35.5 Å². The summed E-state index contributed by atoms with van der Waals surface area (Å²) in [5, 5.41) is 11.0. The van der Waals surface area contributed by atoms with Crippen LogP contribution in [0.5, 0.6) is 0 Å². The highest BCUT2D eigenvalue weighted by Crippen LogP contribution is 2.39. The zero-order valence-electron chi connectivity index (χ0n) is 6.53. The Morgan fingerprint density at radius 2 is 1.77 bits per heavy atom. The van der Waals surface area contributed by atoms with Crippen molar-refractivity contribution in [2.45, 2.75) is 0 Å². The van der Waals surface area contributed by atoms with Crippen LogP contribution in [0.25, 0.3) is 0 Å². The molecule has 0 spiro atoms. The van der Waals surface area contributed by atoms with Gasteiger partial charge in [-0.25, -0.2) is 0 Å². The molecule has 0 aliphatic heterocycles. The number of rotatable bonds is 2. The molecule has 0 unspecified atom stereocenters. The molecule has 13 heavy (non-hydrogen) atoms. The lowest BCUT2D eigenvalue weighted by Gasteiger charge is -2.04. The van der Waals surface area contributed by atoms with Gasteiger partial charge in [-0.2, -0.15) is 0 Å². The molecule has 1 rings (SSSR count). The van der Waals surface area contributed by atoms with Crippen LogP contribution in [0.4, 0.5) is 0 Å². The molecule has 0 aliphatic rings. The van der Waals surface area contributed by atoms with Gasteiger partial charge in [0, 0.05) is 5.56 Å². The molecule has 0 aliphatic carbocycles. The molecule has 0 atom stereocenters. The Balaban J connectivity index is 3.15. The van der Waals surface area contributed by atoms with Crippen LogP contribution >= 0.6 is 7.60 Å². The second-order valence-corrected chi connectivity index (χ2v) is 3.85. The van der Waals surface area contributed by atoms with Crippen LogP contribution in [-0.4, -0.2) is 20.4 Å². The number of nitrogens with zero attached hydrogens (tertiary/aromatic N) is 1. The Bertz CT molecular complexity index is 356. The highest BCUT2D eigenvalue weighted by molar-refractivity contribution is 7.71. The maximum Gasteiger partial charge on any atom is 0.378 e. The fourth-order valence-electron chi connectivity index (χ4n) is 0.871. The predicted molar refractivity (Wildman–Crippen MR) is 46.8 cm³/mol. The molecule has 0 amide bonds. The van der Waals surface area contributed by atoms with E-state index >= 15 is 0 Å². The van der Waals surface area contributed by atoms with E-state index in [-0.39, 0.29) is 5.56 Å². The fraction of sp³-hybridized carbons (Fsp3) is 0. The molecule has 0 bridgehead atoms. The van der Waals surface area contributed by atoms with Crippen molar-refractivity contribution < 1.29 is 19.6 Å². The molecule has 0 radical (unpaired) electrons. The second kappa shape index (κ2) is 3.70. The van der Waals surface area contributed by atoms with Gasteiger partial charge in [0.15, 0.2) is 5.45 Å². The molecule has 0 heterocycles. The average Bonchev–Trinajstić information content (AvgIpc) is 2.05. The third-order valence-electron chi connectivity index (χ3n) is 1.40. The van der Waals surface area contributed by atoms with Gasteiger partial charge in [-0.05, 0) is 0 Å². The lowest BCUT2D eigenvalue weighted by atomic mass is 10.2. The van der Waals surface area contributed by atoms with E-state index < -0.39 is 13.0 Å². The Morgan fingerprint density at radius 3 is 2.15 bits per heavy atom. The van der Waals surface area contributed by atoms with Gasteiger partial charge in [0.05, 0.1) is 0 Å². The van der Waals surface area contributed by atoms with Crippen molar-refractivity contribution in [3.63, 3.8) is 0 Å². The van der Waals surface area contributed by atoms with E-state index in [0.717, 1.165) is 0 Å². The SMILES string of the molecule is O=P(O)(O)/C(=N/O)c1ccccc1. The van der Waals surface area contributed by atoms with Gasteiger partial charge in [-0.15, -0.1) is 0 Å². The monoisotopic (exact) mass is 201 g/mol. The summed E-state index contributed by atoms with van der Waals surface area (Å²) in [6, 6.07) is 7.78. The first-order chi connectivity index (χ1) is 6.05. The van der Waals surface area contributed by atoms with E-state index in [1.54, 1.807) is 18.2 Å². The van der Waals surface area contributed by atoms with Gasteiger partial charge in [-0.3, -0.25) is 4.57 Å². The van der Waals surface area contributed by atoms with Crippen molar-refractivity contribution in [1.29, 1.82) is 0 Å². The van der Waals surface area contributed by atoms with Crippen molar-refractivity contribution in [3.8, 4) is 0 Å². The summed E-state index contributed by atoms with van der Waals surface area (Å²) >= 11 is 0. The third-order valence-corrected chi connectivity index (χ3v) is 2.30. The minimum Gasteiger partial charge on any atom is -0.410 e. The predicted octanol–water partition coefficient (Wildman–Crippen LogP) is 1.00. The van der Waals surface area contributed by atoms with Crippen molar-refractivity contribution >= 4 is 13.0 Å². The number of hydrogen-bond donors (Lipinski definition) is 3. The summed E-state index contributed by atoms with van der Waals surface area (Å²) in [7, 11) is -4.50. The Hall–Kier alpha value is -1.16. The minimum atomic E-state index is -4.50. The first kappa shape index (κ1) is 9.92. The molecule has 1 aromatic carbocycles. The van der Waals surface area contributed by atoms with E-state index in [0.29, 0.717) is 0 Å². The summed E-state index contributed by atoms with van der Waals surface area (Å²) in [4.78, 5) is 17.5. The zero-order chi connectivity index (χ0) is 9.90. The highest BCUT2D eigenvalue weighted by Gasteiger charge is 2.25. The number of oxime groups is 1. The Morgan fingerprint density at radius 1 is 1.23 bits per heavy atom. The van der Waals surface area contributed by atoms with Crippen molar-refractivity contribution in [2.75, 3.05) is 0 Å². The van der Waals surface area contributed by atoms with Crippen LogP contribution < -0.4 is 0 Å². The molecular weight excluding hydrogens is 193 g/mol. The highest BCUT2D eigenvalue weighted by atomic mass is 31.2. The molecule has 5 nitrogen and oxygen atoms in total. The van der Waals surface area contributed by atoms with Crippen LogP contribution in [0.3, 0.4) is 0 Å². The van der Waals surface area contributed by atoms with E-state index in [1.807, 2.05) is 0 Å². The van der Waals surface area contributed by atoms with Crippen LogP contribution in [0.1, 0.15) is 5.56 Å². The summed E-state index contributed by atoms with van der Waals surface area (Å²) in [5.74, 6) is 0. The normalized spacial score (nSPS) is 12.9. The second-order valence-electron chi connectivity index (χ2n) is 2.33. The topological polar surface area (TPSA) is 90.1 Å². The van der Waals surface area contributed by atoms with Crippen LogP contribution in [0, 0.1) is 0 Å². The maximum atomic E-state index is 10.8. The van der Waals surface area contributed by atoms with Gasteiger partial charge in [0.2, 0.25) is 0 Å². The average molecular weight is 201 g/mol. The Labute approximate surface area is 74.5 Å². The molecule has 0 fully saturated rings. The molecule has 6 heteroatoms. The third kappa shape index (κ3) is 2.39. The molecule has 0 saturated carbocycles. The summed E-state index contributed by atoms with van der Waals surface area (Å²) < 4.78 is 10.8. The quantitative estimate of drug-likeness (QED) is 0.288. The minimum absolute atomic E-state index is 0.207. The standard InChI is InChI=1S/C7H8NO4P/c9-8-7(13(10,11)12)6-4-2-1-3-5-6/h1-5,9H,(H2,10,11,12)/b8-7+. The smallest absolute Gasteiger partial charge is 0.378 e. The number of hydrogen-bond acceptors (Lipinski definition) is 3. The first-order valence-electron chi connectivity index (χ1n) is 3.39. The molecule has 3 N–H and O–H groups in total. The lowest BCUT2D eigenvalue weighted by Crippen LogP contribution is -2.01. The lowest BCUT2D eigenvalue weighted by molar-refractivity contribution is 0.317. The number of benzene rings is 1. The van der Waals surface area contributed by atoms with E-state index in [2.05, 4.69) is 5.16 Å². The van der Waals surface area contributed by atoms with Gasteiger partial charge >= 0.3 is 7.60 Å². The van der Waals surface area contributed by atoms with Gasteiger partial charge in [0.25, 0.3) is 0 Å². The van der Waals surface area contributed by atoms with Crippen LogP contribution in [0.2, 0.25) is 0 Å². The first-order valence-corrected chi connectivity index (χ1v) is 5.00. The van der Waals surface area contributed by atoms with Crippen molar-refractivity contribution in [2.24, 2.45) is 5.16 Å². The molecular formula is C7H8NO4P. The van der Waals surface area contributed by atoms with Gasteiger partial charge < -0.3 is 15.0 Å². The largest absolute Gasteiger partial charge is 0.410 e. The maximum absolute atomic E-state index is 10.8. The molecule has 70 valence electrons. The van der Waals surface area contributed by atoms with Crippen LogP contribution in [-0.2, 0) is 4.57 Å². The molecule has 0 saturated heterocycles. The van der Waals surface area contributed by atoms with Crippen molar-refractivity contribution in [1.82, 2.24) is 0 Å². The van der Waals surface area contributed by atoms with Gasteiger partial charge in [-0.1, -0.05) is 35.5 Å². The van der Waals surface area contributed by atoms with E-state index in [1.165, 1.54) is 12.1 Å². The van der Waals surface area contributed by atoms with E-state index in [4.69, 9.17) is 15.0 Å². The van der Waals surface area contributed by atoms with Gasteiger partial charge in [0.1, 0.15) is 0 Å². The summed E-state index contributed by atoms with van der Waals surface area (Å²) in [5.41, 5.74) is -0.411. The molecule has 1 aromatic rings. The zero-order valence-corrected chi connectivity index (χ0v) is 7.43. The Kier molecular flexibility index (Phi) is 2.83.